The number of benzene rings is 2. The second kappa shape index (κ2) is 16.4. The summed E-state index contributed by atoms with van der Waals surface area (Å²) in [5, 5.41) is 16.5. The van der Waals surface area contributed by atoms with Gasteiger partial charge in [-0.05, 0) is 69.0 Å². The third-order valence-corrected chi connectivity index (χ3v) is 17.4. The third-order valence-electron chi connectivity index (χ3n) is 11.2. The Hall–Kier alpha value is -5.40. The van der Waals surface area contributed by atoms with Gasteiger partial charge < -0.3 is 18.9 Å². The number of alkyl halides is 6. The van der Waals surface area contributed by atoms with E-state index >= 15 is 0 Å². The summed E-state index contributed by atoms with van der Waals surface area (Å²) >= 11 is 1.37. The summed E-state index contributed by atoms with van der Waals surface area (Å²) in [6.07, 6.45) is -9.21. The summed E-state index contributed by atoms with van der Waals surface area (Å²) in [6.45, 7) is 8.51. The summed E-state index contributed by atoms with van der Waals surface area (Å²) in [6, 6.07) is 24.1. The Balaban J connectivity index is 0.000000198. The number of hydrogen-bond acceptors (Lipinski definition) is 13. The average Bonchev–Trinajstić information content (AvgIpc) is 3.78. The number of aliphatic carboxylic acids is 1. The Morgan fingerprint density at radius 3 is 1.39 bits per heavy atom. The highest BCUT2D eigenvalue weighted by atomic mass is 32.3. The molecule has 4 atom stereocenters. The molecule has 4 aromatic heterocycles. The van der Waals surface area contributed by atoms with Crippen LogP contribution in [0.25, 0.3) is 21.1 Å². The van der Waals surface area contributed by atoms with E-state index < -0.39 is 83.4 Å². The van der Waals surface area contributed by atoms with E-state index in [1.54, 1.807) is 77.1 Å². The first kappa shape index (κ1) is 48.5. The van der Waals surface area contributed by atoms with Crippen LogP contribution in [0.5, 0.6) is 0 Å². The summed E-state index contributed by atoms with van der Waals surface area (Å²) in [5.41, 5.74) is -4.85. The minimum Gasteiger partial charge on any atom is -0.480 e. The molecule has 0 amide bonds. The van der Waals surface area contributed by atoms with Gasteiger partial charge in [-0.15, -0.1) is 22.7 Å². The molecule has 4 heterocycles. The third kappa shape index (κ3) is 9.17. The predicted molar refractivity (Wildman–Crippen MR) is 226 cm³/mol. The van der Waals surface area contributed by atoms with Crippen LogP contribution in [-0.4, -0.2) is 60.9 Å². The van der Waals surface area contributed by atoms with Crippen LogP contribution in [0.2, 0.25) is 0 Å². The SMILES string of the molecule is CC(C)(C)OC(=O)[C@]1(NS(=O)(=O)c2ccc(-c3cc(C(F)(F)F)on3)s2)CC1(C)c1ccccc1.CC1(c2ccccc2)C[C@@]1(NS(=O)(=O)c1ccc(-c2cc(C(F)(F)F)on2)s1)C(=O)O. The van der Waals surface area contributed by atoms with E-state index in [1.807, 2.05) is 18.2 Å². The highest BCUT2D eigenvalue weighted by Gasteiger charge is 2.74. The highest BCUT2D eigenvalue weighted by Crippen LogP contribution is 2.60. The number of carbonyl (C=O) groups excluding carboxylic acids is 1. The zero-order chi connectivity index (χ0) is 48.5. The molecule has 2 aromatic carbocycles. The fourth-order valence-corrected chi connectivity index (χ4v) is 12.9. The molecule has 66 heavy (non-hydrogen) atoms. The van der Waals surface area contributed by atoms with Crippen LogP contribution in [0.1, 0.15) is 70.1 Å². The maximum atomic E-state index is 13.4. The Labute approximate surface area is 381 Å². The molecule has 8 rings (SSSR count). The van der Waals surface area contributed by atoms with Gasteiger partial charge in [-0.3, -0.25) is 4.79 Å². The first-order valence-electron chi connectivity index (χ1n) is 19.4. The maximum Gasteiger partial charge on any atom is 0.452 e. The zero-order valence-electron chi connectivity index (χ0n) is 35.1. The Morgan fingerprint density at radius 2 is 1.03 bits per heavy atom. The number of hydrogen-bond donors (Lipinski definition) is 3. The average molecular weight is 1000 g/mol. The van der Waals surface area contributed by atoms with Crippen LogP contribution < -0.4 is 9.44 Å². The predicted octanol–water partition coefficient (Wildman–Crippen LogP) is 9.03. The minimum atomic E-state index is -4.72. The molecule has 352 valence electrons. The molecule has 2 unspecified atom stereocenters. The number of nitrogens with one attached hydrogen (secondary N) is 2. The molecule has 0 radical (unpaired) electrons. The molecule has 2 fully saturated rings. The number of aromatic nitrogens is 2. The van der Waals surface area contributed by atoms with Gasteiger partial charge in [0.05, 0.1) is 9.75 Å². The van der Waals surface area contributed by atoms with Crippen molar-refractivity contribution in [2.45, 2.75) is 95.7 Å². The Morgan fingerprint density at radius 1 is 0.652 bits per heavy atom. The number of ether oxygens (including phenoxy) is 1. The monoisotopic (exact) mass is 1000 g/mol. The number of sulfonamides is 2. The number of carboxylic acids is 1. The van der Waals surface area contributed by atoms with Crippen molar-refractivity contribution in [1.29, 1.82) is 0 Å². The lowest BCUT2D eigenvalue weighted by atomic mass is 9.93. The van der Waals surface area contributed by atoms with Crippen molar-refractivity contribution >= 4 is 54.7 Å². The van der Waals surface area contributed by atoms with Gasteiger partial charge in [0.2, 0.25) is 11.5 Å². The van der Waals surface area contributed by atoms with Gasteiger partial charge in [0.25, 0.3) is 20.0 Å². The van der Waals surface area contributed by atoms with Crippen LogP contribution in [-0.2, 0) is 57.6 Å². The van der Waals surface area contributed by atoms with Crippen LogP contribution in [0.15, 0.2) is 115 Å². The summed E-state index contributed by atoms with van der Waals surface area (Å²) in [7, 11) is -8.54. The molecule has 14 nitrogen and oxygen atoms in total. The van der Waals surface area contributed by atoms with Gasteiger partial charge in [-0.25, -0.2) is 21.6 Å². The van der Waals surface area contributed by atoms with Crippen LogP contribution >= 0.6 is 22.7 Å². The van der Waals surface area contributed by atoms with Crippen molar-refractivity contribution < 1.29 is 71.7 Å². The van der Waals surface area contributed by atoms with E-state index in [0.717, 1.165) is 5.56 Å². The number of esters is 1. The molecule has 2 aliphatic rings. The molecular weight excluding hydrogens is 963 g/mol. The normalized spacial score (nSPS) is 23.1. The summed E-state index contributed by atoms with van der Waals surface area (Å²) in [4.78, 5) is 25.6. The molecule has 0 saturated heterocycles. The molecule has 0 spiro atoms. The standard InChI is InChI=1S/C23H23F3N2O5S2.C19H15F3N2O5S2/c1-20(2,3)32-19(29)22(13-21(22,4)14-8-6-5-7-9-14)28-35(30,31)18-11-10-16(34-18)15-12-17(33-27-15)23(24,25)26;1-17(11-5-3-2-4-6-11)10-18(17,16(25)26)24-31(27,28)15-8-7-13(30-15)12-9-14(29-23-12)19(20,21)22/h5-12,28H,13H2,1-4H3;2-9,24H,10H2,1H3,(H,25,26)/t21?,22-;17?,18-/m11/s1. The van der Waals surface area contributed by atoms with E-state index in [0.29, 0.717) is 40.4 Å². The van der Waals surface area contributed by atoms with Crippen molar-refractivity contribution in [3.8, 4) is 21.1 Å². The molecule has 6 aromatic rings. The smallest absolute Gasteiger partial charge is 0.452 e. The van der Waals surface area contributed by atoms with E-state index in [2.05, 4.69) is 28.8 Å². The number of carbonyl (C=O) groups is 2. The molecule has 0 aliphatic heterocycles. The van der Waals surface area contributed by atoms with E-state index in [9.17, 15) is 57.9 Å². The largest absolute Gasteiger partial charge is 0.480 e. The minimum absolute atomic E-state index is 0.0506. The Kier molecular flexibility index (Phi) is 12.1. The van der Waals surface area contributed by atoms with Gasteiger partial charge >= 0.3 is 24.3 Å². The van der Waals surface area contributed by atoms with Crippen molar-refractivity contribution in [2.75, 3.05) is 0 Å². The molecule has 24 heteroatoms. The van der Waals surface area contributed by atoms with Gasteiger partial charge in [-0.2, -0.15) is 35.8 Å². The van der Waals surface area contributed by atoms with Crippen molar-refractivity contribution in [1.82, 2.24) is 19.8 Å². The fraction of sp³-hybridized carbons (Fsp3) is 0.333. The molecule has 3 N–H and O–H groups in total. The number of thiophene rings is 2. The first-order valence-corrected chi connectivity index (χ1v) is 24.0. The van der Waals surface area contributed by atoms with Gasteiger partial charge in [0.1, 0.15) is 36.5 Å². The number of rotatable bonds is 12. The van der Waals surface area contributed by atoms with Gasteiger partial charge in [-0.1, -0.05) is 84.8 Å². The number of nitrogens with zero attached hydrogens (tertiary/aromatic N) is 2. The maximum absolute atomic E-state index is 13.4. The lowest BCUT2D eigenvalue weighted by molar-refractivity contribution is -0.159. The summed E-state index contributed by atoms with van der Waals surface area (Å²) in [5.74, 6) is -4.61. The second-order valence-electron chi connectivity index (χ2n) is 17.0. The van der Waals surface area contributed by atoms with Crippen molar-refractivity contribution in [3.63, 3.8) is 0 Å². The van der Waals surface area contributed by atoms with Crippen LogP contribution in [0.3, 0.4) is 0 Å². The topological polar surface area (TPSA) is 208 Å². The Bertz CT molecular complexity index is 3020. The van der Waals surface area contributed by atoms with Crippen molar-refractivity contribution in [2.24, 2.45) is 0 Å². The summed E-state index contributed by atoms with van der Waals surface area (Å²) < 4.78 is 148. The molecular formula is C42H38F6N4O10S4. The first-order chi connectivity index (χ1) is 30.5. The second-order valence-corrected chi connectivity index (χ2v) is 23.0. The van der Waals surface area contributed by atoms with Crippen LogP contribution in [0.4, 0.5) is 26.3 Å². The molecule has 0 bridgehead atoms. The van der Waals surface area contributed by atoms with Gasteiger partial charge in [0, 0.05) is 23.0 Å². The van der Waals surface area contributed by atoms with E-state index in [1.165, 1.54) is 24.3 Å². The van der Waals surface area contributed by atoms with E-state index in [-0.39, 0.29) is 42.4 Å². The van der Waals surface area contributed by atoms with Gasteiger partial charge in [0.15, 0.2) is 0 Å². The highest BCUT2D eigenvalue weighted by molar-refractivity contribution is 7.92. The number of carboxylic acid groups (broad SMARTS) is 1. The lowest BCUT2D eigenvalue weighted by Crippen LogP contribution is -2.50. The van der Waals surface area contributed by atoms with Crippen molar-refractivity contribution in [3.05, 3.63) is 120 Å². The van der Waals surface area contributed by atoms with Crippen LogP contribution in [0, 0.1) is 0 Å². The molecule has 2 aliphatic carbocycles. The lowest BCUT2D eigenvalue weighted by Gasteiger charge is -2.27. The number of halogens is 6. The van der Waals surface area contributed by atoms with E-state index in [4.69, 9.17) is 4.74 Å². The zero-order valence-corrected chi connectivity index (χ0v) is 38.3. The fourth-order valence-electron chi connectivity index (χ4n) is 7.45. The quantitative estimate of drug-likeness (QED) is 0.0775. The molecule has 2 saturated carbocycles.